The quantitative estimate of drug-likeness (QED) is 0.196. The van der Waals surface area contributed by atoms with Crippen LogP contribution in [0.15, 0.2) is 188 Å². The molecule has 0 spiro atoms. The molecule has 0 saturated carbocycles. The van der Waals surface area contributed by atoms with Gasteiger partial charge in [0.1, 0.15) is 6.17 Å². The van der Waals surface area contributed by atoms with Crippen molar-refractivity contribution in [2.24, 2.45) is 0 Å². The number of nitrogens with one attached hydrogen (secondary N) is 1. The average molecular weight is 654 g/mol. The summed E-state index contributed by atoms with van der Waals surface area (Å²) in [5.74, 6) is 0. The average Bonchev–Trinajstić information content (AvgIpc) is 3.71. The van der Waals surface area contributed by atoms with Crippen molar-refractivity contribution in [3.63, 3.8) is 0 Å². The molecule has 9 aromatic rings. The van der Waals surface area contributed by atoms with Gasteiger partial charge in [0.05, 0.1) is 22.1 Å². The first-order valence-corrected chi connectivity index (χ1v) is 17.6. The molecule has 1 aliphatic heterocycles. The molecule has 51 heavy (non-hydrogen) atoms. The normalized spacial score (nSPS) is 14.6. The molecule has 0 aliphatic carbocycles. The van der Waals surface area contributed by atoms with Crippen LogP contribution < -0.4 is 5.32 Å². The Labute approximate surface area is 297 Å². The first-order chi connectivity index (χ1) is 25.2. The molecule has 7 aromatic carbocycles. The maximum absolute atomic E-state index is 3.71. The summed E-state index contributed by atoms with van der Waals surface area (Å²) in [5, 5.41) is 8.76. The summed E-state index contributed by atoms with van der Waals surface area (Å²) in [7, 11) is 0. The fraction of sp³-hybridized carbons (Fsp3) is 0.0417. The van der Waals surface area contributed by atoms with Crippen LogP contribution in [0.5, 0.6) is 0 Å². The zero-order valence-corrected chi connectivity index (χ0v) is 28.3. The van der Waals surface area contributed by atoms with E-state index in [4.69, 9.17) is 0 Å². The third-order valence-electron chi connectivity index (χ3n) is 10.6. The molecule has 0 saturated heterocycles. The fourth-order valence-corrected chi connectivity index (χ4v) is 8.16. The molecule has 0 fully saturated rings. The van der Waals surface area contributed by atoms with Gasteiger partial charge in [-0.05, 0) is 107 Å². The second-order valence-electron chi connectivity index (χ2n) is 13.5. The smallest absolute Gasteiger partial charge is 0.126 e. The molecule has 10 rings (SSSR count). The van der Waals surface area contributed by atoms with Crippen LogP contribution in [0.25, 0.3) is 77.1 Å². The summed E-state index contributed by atoms with van der Waals surface area (Å²) in [6.45, 7) is 2.26. The highest BCUT2D eigenvalue weighted by atomic mass is 15.2. The van der Waals surface area contributed by atoms with Gasteiger partial charge in [0.25, 0.3) is 0 Å². The Morgan fingerprint density at radius 2 is 0.922 bits per heavy atom. The van der Waals surface area contributed by atoms with E-state index in [-0.39, 0.29) is 6.17 Å². The van der Waals surface area contributed by atoms with Crippen LogP contribution in [-0.4, -0.2) is 9.13 Å². The van der Waals surface area contributed by atoms with Crippen molar-refractivity contribution in [3.8, 4) is 27.9 Å². The Hall–Kier alpha value is -6.58. The van der Waals surface area contributed by atoms with E-state index in [0.717, 1.165) is 0 Å². The van der Waals surface area contributed by atoms with E-state index in [1.54, 1.807) is 0 Å². The molecule has 0 amide bonds. The van der Waals surface area contributed by atoms with Crippen LogP contribution in [0.1, 0.15) is 18.7 Å². The first kappa shape index (κ1) is 29.3. The Morgan fingerprint density at radius 3 is 1.65 bits per heavy atom. The molecule has 1 unspecified atom stereocenters. The summed E-state index contributed by atoms with van der Waals surface area (Å²) < 4.78 is 4.85. The van der Waals surface area contributed by atoms with E-state index in [9.17, 15) is 0 Å². The fourth-order valence-electron chi connectivity index (χ4n) is 8.16. The molecule has 3 heteroatoms. The van der Waals surface area contributed by atoms with E-state index >= 15 is 0 Å². The Bertz CT molecular complexity index is 2820. The lowest BCUT2D eigenvalue weighted by molar-refractivity contribution is 0.548. The molecule has 0 radical (unpaired) electrons. The molecule has 3 heterocycles. The largest absolute Gasteiger partial charge is 0.367 e. The van der Waals surface area contributed by atoms with Crippen molar-refractivity contribution in [2.45, 2.75) is 13.1 Å². The second-order valence-corrected chi connectivity index (χ2v) is 13.5. The van der Waals surface area contributed by atoms with Gasteiger partial charge in [0.2, 0.25) is 0 Å². The zero-order chi connectivity index (χ0) is 33.9. The van der Waals surface area contributed by atoms with Crippen LogP contribution in [-0.2, 0) is 0 Å². The molecule has 3 nitrogen and oxygen atoms in total. The Balaban J connectivity index is 1.08. The predicted molar refractivity (Wildman–Crippen MR) is 215 cm³/mol. The van der Waals surface area contributed by atoms with E-state index in [2.05, 4.69) is 204 Å². The highest BCUT2D eigenvalue weighted by Gasteiger charge is 2.24. The monoisotopic (exact) mass is 653 g/mol. The van der Waals surface area contributed by atoms with Gasteiger partial charge in [-0.1, -0.05) is 121 Å². The standard InChI is InChI=1S/C48H35N3/c1-32-39(35-22-20-34(21-23-35)33-12-4-2-5-13-33)28-29-49-48(32)51-45-19-11-9-17-41(45)43-31-37(25-27-47(43)51)36-24-26-46-42(30-36)40-16-8-10-18-44(40)50(46)38-14-6-3-7-15-38/h2-31,48-49H,1H3. The van der Waals surface area contributed by atoms with Crippen LogP contribution >= 0.6 is 0 Å². The second kappa shape index (κ2) is 11.8. The van der Waals surface area contributed by atoms with Crippen molar-refractivity contribution in [1.82, 2.24) is 14.5 Å². The van der Waals surface area contributed by atoms with Gasteiger partial charge >= 0.3 is 0 Å². The summed E-state index contributed by atoms with van der Waals surface area (Å²) >= 11 is 0. The molecule has 1 atom stereocenters. The summed E-state index contributed by atoms with van der Waals surface area (Å²) in [5.41, 5.74) is 14.7. The number of allylic oxidation sites excluding steroid dienone is 2. The van der Waals surface area contributed by atoms with Gasteiger partial charge in [-0.3, -0.25) is 0 Å². The molecule has 1 aliphatic rings. The minimum absolute atomic E-state index is 0.0208. The Morgan fingerprint density at radius 1 is 0.431 bits per heavy atom. The molecule has 242 valence electrons. The van der Waals surface area contributed by atoms with Gasteiger partial charge in [0.15, 0.2) is 0 Å². The van der Waals surface area contributed by atoms with Crippen molar-refractivity contribution in [3.05, 3.63) is 193 Å². The number of para-hydroxylation sites is 3. The third-order valence-corrected chi connectivity index (χ3v) is 10.6. The van der Waals surface area contributed by atoms with Crippen molar-refractivity contribution in [2.75, 3.05) is 0 Å². The SMILES string of the molecule is CC1=C(c2ccc(-c3ccccc3)cc2)C=CNC1n1c2ccccc2c2cc(-c3ccc4c(c3)c3ccccc3n4-c3ccccc3)ccc21. The summed E-state index contributed by atoms with van der Waals surface area (Å²) in [6, 6.07) is 61.6. The van der Waals surface area contributed by atoms with E-state index < -0.39 is 0 Å². The van der Waals surface area contributed by atoms with Gasteiger partial charge in [0, 0.05) is 27.2 Å². The number of dihydropyridines is 1. The highest BCUT2D eigenvalue weighted by Crippen LogP contribution is 2.40. The van der Waals surface area contributed by atoms with E-state index in [1.165, 1.54) is 88.3 Å². The topological polar surface area (TPSA) is 21.9 Å². The molecule has 2 aromatic heterocycles. The van der Waals surface area contributed by atoms with Crippen LogP contribution in [0.2, 0.25) is 0 Å². The lowest BCUT2D eigenvalue weighted by Crippen LogP contribution is -2.26. The van der Waals surface area contributed by atoms with E-state index in [1.807, 2.05) is 0 Å². The van der Waals surface area contributed by atoms with Crippen LogP contribution in [0.3, 0.4) is 0 Å². The first-order valence-electron chi connectivity index (χ1n) is 17.6. The number of hydrogen-bond acceptors (Lipinski definition) is 1. The number of rotatable bonds is 5. The molecule has 1 N–H and O–H groups in total. The molecule has 0 bridgehead atoms. The summed E-state index contributed by atoms with van der Waals surface area (Å²) in [6.07, 6.45) is 4.29. The third kappa shape index (κ3) is 4.74. The van der Waals surface area contributed by atoms with Gasteiger partial charge in [-0.2, -0.15) is 0 Å². The van der Waals surface area contributed by atoms with Gasteiger partial charge < -0.3 is 14.5 Å². The number of nitrogens with zero attached hydrogens (tertiary/aromatic N) is 2. The number of benzene rings is 7. The predicted octanol–water partition coefficient (Wildman–Crippen LogP) is 12.3. The Kier molecular flexibility index (Phi) is 6.78. The number of fused-ring (bicyclic) bond motifs is 6. The van der Waals surface area contributed by atoms with Crippen molar-refractivity contribution < 1.29 is 0 Å². The highest BCUT2D eigenvalue weighted by molar-refractivity contribution is 6.12. The lowest BCUT2D eigenvalue weighted by atomic mass is 9.94. The van der Waals surface area contributed by atoms with Crippen LogP contribution in [0.4, 0.5) is 0 Å². The summed E-state index contributed by atoms with van der Waals surface area (Å²) in [4.78, 5) is 0. The molecular weight excluding hydrogens is 619 g/mol. The number of hydrogen-bond donors (Lipinski definition) is 1. The van der Waals surface area contributed by atoms with Crippen LogP contribution in [0, 0.1) is 0 Å². The maximum atomic E-state index is 3.71. The lowest BCUT2D eigenvalue weighted by Gasteiger charge is -2.28. The van der Waals surface area contributed by atoms with Gasteiger partial charge in [-0.15, -0.1) is 0 Å². The van der Waals surface area contributed by atoms with E-state index in [0.29, 0.717) is 0 Å². The van der Waals surface area contributed by atoms with Crippen molar-refractivity contribution in [1.29, 1.82) is 0 Å². The number of aromatic nitrogens is 2. The van der Waals surface area contributed by atoms with Gasteiger partial charge in [-0.25, -0.2) is 0 Å². The minimum atomic E-state index is -0.0208. The van der Waals surface area contributed by atoms with Crippen molar-refractivity contribution >= 4 is 49.2 Å². The zero-order valence-electron chi connectivity index (χ0n) is 28.3. The maximum Gasteiger partial charge on any atom is 0.126 e. The molecular formula is C48H35N3. The minimum Gasteiger partial charge on any atom is -0.367 e.